The molecule has 3 nitrogen and oxygen atoms in total. The molecule has 0 radical (unpaired) electrons. The molecule has 1 aromatic carbocycles. The molecular formula is C10H10ClN3. The monoisotopic (exact) mass is 207 g/mol. The van der Waals surface area contributed by atoms with Gasteiger partial charge < -0.3 is 0 Å². The molecule has 0 aliphatic heterocycles. The quantitative estimate of drug-likeness (QED) is 0.708. The largest absolute Gasteiger partial charge is 0.223 e. The highest BCUT2D eigenvalue weighted by atomic mass is 35.5. The predicted molar refractivity (Wildman–Crippen MR) is 55.7 cm³/mol. The molecule has 0 spiro atoms. The lowest BCUT2D eigenvalue weighted by Gasteiger charge is -2.06. The number of aromatic nitrogens is 3. The van der Waals surface area contributed by atoms with Crippen molar-refractivity contribution in [2.24, 2.45) is 0 Å². The van der Waals surface area contributed by atoms with Crippen LogP contribution in [0.2, 0.25) is 0 Å². The van der Waals surface area contributed by atoms with Crippen LogP contribution in [0.5, 0.6) is 0 Å². The lowest BCUT2D eigenvalue weighted by molar-refractivity contribution is 0.870. The molecule has 72 valence electrons. The number of nitrogens with zero attached hydrogens (tertiary/aromatic N) is 3. The molecule has 0 N–H and O–H groups in total. The van der Waals surface area contributed by atoms with E-state index in [1.54, 1.807) is 11.0 Å². The van der Waals surface area contributed by atoms with Gasteiger partial charge in [0.15, 0.2) is 0 Å². The van der Waals surface area contributed by atoms with Crippen LogP contribution < -0.4 is 0 Å². The summed E-state index contributed by atoms with van der Waals surface area (Å²) in [5, 5.41) is 4.08. The molecule has 0 fully saturated rings. The molecule has 0 atom stereocenters. The minimum atomic E-state index is 0.540. The van der Waals surface area contributed by atoms with Gasteiger partial charge in [-0.2, -0.15) is 5.10 Å². The number of rotatable bonds is 2. The highest BCUT2D eigenvalue weighted by Gasteiger charge is 2.01. The fourth-order valence-electron chi connectivity index (χ4n) is 1.39. The van der Waals surface area contributed by atoms with Gasteiger partial charge in [-0.25, -0.2) is 9.67 Å². The lowest BCUT2D eigenvalue weighted by Crippen LogP contribution is -1.97. The fraction of sp³-hybridized carbons (Fsp3) is 0.200. The molecule has 1 heterocycles. The van der Waals surface area contributed by atoms with Crippen molar-refractivity contribution in [3.8, 4) is 5.69 Å². The van der Waals surface area contributed by atoms with Crippen molar-refractivity contribution >= 4 is 11.6 Å². The first-order valence-corrected chi connectivity index (χ1v) is 4.85. The maximum atomic E-state index is 5.74. The molecule has 0 unspecified atom stereocenters. The molecular weight excluding hydrogens is 198 g/mol. The molecule has 0 amide bonds. The van der Waals surface area contributed by atoms with E-state index in [1.165, 1.54) is 6.33 Å². The van der Waals surface area contributed by atoms with E-state index in [0.29, 0.717) is 5.88 Å². The first kappa shape index (κ1) is 9.21. The maximum Gasteiger partial charge on any atom is 0.138 e. The Morgan fingerprint density at radius 3 is 2.86 bits per heavy atom. The van der Waals surface area contributed by atoms with Crippen LogP contribution in [0.1, 0.15) is 11.1 Å². The lowest BCUT2D eigenvalue weighted by atomic mass is 10.1. The summed E-state index contributed by atoms with van der Waals surface area (Å²) in [6.07, 6.45) is 3.21. The van der Waals surface area contributed by atoms with E-state index in [-0.39, 0.29) is 0 Å². The van der Waals surface area contributed by atoms with Crippen molar-refractivity contribution in [1.82, 2.24) is 14.8 Å². The molecule has 1 aromatic heterocycles. The zero-order chi connectivity index (χ0) is 9.97. The average molecular weight is 208 g/mol. The summed E-state index contributed by atoms with van der Waals surface area (Å²) >= 11 is 5.74. The van der Waals surface area contributed by atoms with E-state index in [0.717, 1.165) is 16.8 Å². The van der Waals surface area contributed by atoms with Crippen molar-refractivity contribution in [2.45, 2.75) is 12.8 Å². The number of hydrogen-bond acceptors (Lipinski definition) is 2. The summed E-state index contributed by atoms with van der Waals surface area (Å²) in [5.74, 6) is 0.540. The second kappa shape index (κ2) is 3.80. The Morgan fingerprint density at radius 1 is 1.43 bits per heavy atom. The Kier molecular flexibility index (Phi) is 2.50. The summed E-state index contributed by atoms with van der Waals surface area (Å²) in [5.41, 5.74) is 3.30. The summed E-state index contributed by atoms with van der Waals surface area (Å²) < 4.78 is 1.74. The SMILES string of the molecule is Cc1cc(CCl)ccc1-n1cncn1. The Bertz CT molecular complexity index is 423. The molecule has 0 aliphatic carbocycles. The van der Waals surface area contributed by atoms with Crippen molar-refractivity contribution in [3.05, 3.63) is 42.0 Å². The second-order valence-corrected chi connectivity index (χ2v) is 3.36. The minimum absolute atomic E-state index is 0.540. The van der Waals surface area contributed by atoms with Crippen LogP contribution >= 0.6 is 11.6 Å². The van der Waals surface area contributed by atoms with Gasteiger partial charge in [-0.15, -0.1) is 11.6 Å². The highest BCUT2D eigenvalue weighted by Crippen LogP contribution is 2.15. The van der Waals surface area contributed by atoms with E-state index in [4.69, 9.17) is 11.6 Å². The third kappa shape index (κ3) is 1.63. The molecule has 2 rings (SSSR count). The standard InChI is InChI=1S/C10H10ClN3/c1-8-4-9(5-11)2-3-10(8)14-7-12-6-13-14/h2-4,6-7H,5H2,1H3. The molecule has 4 heteroatoms. The maximum absolute atomic E-state index is 5.74. The van der Waals surface area contributed by atoms with Gasteiger partial charge in [-0.05, 0) is 24.1 Å². The van der Waals surface area contributed by atoms with Crippen LogP contribution in [0.25, 0.3) is 5.69 Å². The third-order valence-electron chi connectivity index (χ3n) is 2.08. The van der Waals surface area contributed by atoms with Gasteiger partial charge in [0.05, 0.1) is 5.69 Å². The first-order valence-electron chi connectivity index (χ1n) is 4.32. The van der Waals surface area contributed by atoms with E-state index in [2.05, 4.69) is 16.1 Å². The Balaban J connectivity index is 2.46. The zero-order valence-corrected chi connectivity index (χ0v) is 8.57. The normalized spacial score (nSPS) is 10.4. The van der Waals surface area contributed by atoms with Gasteiger partial charge in [-0.1, -0.05) is 12.1 Å². The van der Waals surface area contributed by atoms with E-state index in [1.807, 2.05) is 19.1 Å². The number of hydrogen-bond donors (Lipinski definition) is 0. The van der Waals surface area contributed by atoms with E-state index in [9.17, 15) is 0 Å². The van der Waals surface area contributed by atoms with Crippen molar-refractivity contribution in [2.75, 3.05) is 0 Å². The van der Waals surface area contributed by atoms with Gasteiger partial charge in [0.2, 0.25) is 0 Å². The Labute approximate surface area is 87.3 Å². The van der Waals surface area contributed by atoms with Crippen LogP contribution in [0.4, 0.5) is 0 Å². The smallest absolute Gasteiger partial charge is 0.138 e. The van der Waals surface area contributed by atoms with Crippen molar-refractivity contribution in [1.29, 1.82) is 0 Å². The minimum Gasteiger partial charge on any atom is -0.223 e. The van der Waals surface area contributed by atoms with E-state index < -0.39 is 0 Å². The summed E-state index contributed by atoms with van der Waals surface area (Å²) in [4.78, 5) is 3.91. The predicted octanol–water partition coefficient (Wildman–Crippen LogP) is 2.31. The highest BCUT2D eigenvalue weighted by molar-refractivity contribution is 6.17. The second-order valence-electron chi connectivity index (χ2n) is 3.09. The molecule has 0 aliphatic rings. The molecule has 14 heavy (non-hydrogen) atoms. The summed E-state index contributed by atoms with van der Waals surface area (Å²) in [6, 6.07) is 6.06. The van der Waals surface area contributed by atoms with Gasteiger partial charge >= 0.3 is 0 Å². The van der Waals surface area contributed by atoms with Crippen molar-refractivity contribution < 1.29 is 0 Å². The zero-order valence-electron chi connectivity index (χ0n) is 7.81. The van der Waals surface area contributed by atoms with Gasteiger partial charge in [0.25, 0.3) is 0 Å². The Hall–Kier alpha value is -1.35. The van der Waals surface area contributed by atoms with Crippen LogP contribution in [0.3, 0.4) is 0 Å². The third-order valence-corrected chi connectivity index (χ3v) is 2.39. The number of alkyl halides is 1. The number of benzene rings is 1. The van der Waals surface area contributed by atoms with Crippen molar-refractivity contribution in [3.63, 3.8) is 0 Å². The molecule has 0 bridgehead atoms. The first-order chi connectivity index (χ1) is 6.81. The summed E-state index contributed by atoms with van der Waals surface area (Å²) in [7, 11) is 0. The molecule has 2 aromatic rings. The van der Waals surface area contributed by atoms with Crippen LogP contribution in [0, 0.1) is 6.92 Å². The van der Waals surface area contributed by atoms with Crippen LogP contribution in [-0.4, -0.2) is 14.8 Å². The molecule has 0 saturated carbocycles. The van der Waals surface area contributed by atoms with Crippen LogP contribution in [-0.2, 0) is 5.88 Å². The Morgan fingerprint density at radius 2 is 2.29 bits per heavy atom. The van der Waals surface area contributed by atoms with E-state index >= 15 is 0 Å². The van der Waals surface area contributed by atoms with Gasteiger partial charge in [0.1, 0.15) is 12.7 Å². The van der Waals surface area contributed by atoms with Crippen LogP contribution in [0.15, 0.2) is 30.9 Å². The molecule has 0 saturated heterocycles. The topological polar surface area (TPSA) is 30.7 Å². The number of aryl methyl sites for hydroxylation is 1. The number of halogens is 1. The van der Waals surface area contributed by atoms with Gasteiger partial charge in [0, 0.05) is 5.88 Å². The average Bonchev–Trinajstić information content (AvgIpc) is 2.70. The summed E-state index contributed by atoms with van der Waals surface area (Å²) in [6.45, 7) is 2.03. The van der Waals surface area contributed by atoms with Gasteiger partial charge in [-0.3, -0.25) is 0 Å². The fourth-order valence-corrected chi connectivity index (χ4v) is 1.56.